The van der Waals surface area contributed by atoms with E-state index in [1.807, 2.05) is 0 Å². The number of nitrogens with zero attached hydrogens (tertiary/aromatic N) is 1. The summed E-state index contributed by atoms with van der Waals surface area (Å²) < 4.78 is 13.3. The van der Waals surface area contributed by atoms with Gasteiger partial charge in [-0.25, -0.2) is 4.39 Å². The van der Waals surface area contributed by atoms with Gasteiger partial charge in [-0.05, 0) is 36.7 Å². The van der Waals surface area contributed by atoms with E-state index in [2.05, 4.69) is 11.8 Å². The third-order valence-corrected chi connectivity index (χ3v) is 3.19. The van der Waals surface area contributed by atoms with Crippen LogP contribution < -0.4 is 5.73 Å². The van der Waals surface area contributed by atoms with Crippen LogP contribution in [0.15, 0.2) is 18.2 Å². The van der Waals surface area contributed by atoms with Gasteiger partial charge in [0, 0.05) is 18.7 Å². The Morgan fingerprint density at radius 1 is 1.42 bits per heavy atom. The van der Waals surface area contributed by atoms with Crippen LogP contribution in [0, 0.1) is 5.82 Å². The first kappa shape index (κ1) is 16.0. The topological polar surface area (TPSA) is 49.5 Å². The highest BCUT2D eigenvalue weighted by Gasteiger charge is 2.11. The predicted molar refractivity (Wildman–Crippen MR) is 79.6 cm³/mol. The van der Waals surface area contributed by atoms with E-state index in [0.29, 0.717) is 18.7 Å². The van der Waals surface area contributed by atoms with Crippen LogP contribution in [-0.4, -0.2) is 34.7 Å². The van der Waals surface area contributed by atoms with Crippen molar-refractivity contribution < 1.29 is 9.50 Å². The van der Waals surface area contributed by atoms with Crippen molar-refractivity contribution in [2.24, 2.45) is 5.73 Å². The summed E-state index contributed by atoms with van der Waals surface area (Å²) in [5.74, 6) is -0.297. The van der Waals surface area contributed by atoms with Crippen molar-refractivity contribution in [3.63, 3.8) is 0 Å². The van der Waals surface area contributed by atoms with Crippen molar-refractivity contribution in [1.29, 1.82) is 0 Å². The molecule has 1 rings (SSSR count). The Kier molecular flexibility index (Phi) is 6.91. The van der Waals surface area contributed by atoms with Crippen molar-refractivity contribution in [2.75, 3.05) is 19.7 Å². The van der Waals surface area contributed by atoms with Crippen molar-refractivity contribution in [1.82, 2.24) is 4.90 Å². The molecule has 1 aromatic rings. The molecule has 0 atom stereocenters. The van der Waals surface area contributed by atoms with Crippen molar-refractivity contribution in [2.45, 2.75) is 26.3 Å². The van der Waals surface area contributed by atoms with Gasteiger partial charge in [0.15, 0.2) is 0 Å². The van der Waals surface area contributed by atoms with Crippen molar-refractivity contribution in [3.8, 4) is 0 Å². The molecule has 0 unspecified atom stereocenters. The Morgan fingerprint density at radius 3 is 2.74 bits per heavy atom. The van der Waals surface area contributed by atoms with E-state index in [9.17, 15) is 4.39 Å². The van der Waals surface area contributed by atoms with E-state index in [1.54, 1.807) is 6.07 Å². The molecule has 0 spiro atoms. The summed E-state index contributed by atoms with van der Waals surface area (Å²) in [6, 6.07) is 4.44. The first-order valence-electron chi connectivity index (χ1n) is 6.50. The smallest absolute Gasteiger partial charge is 0.123 e. The molecule has 0 saturated carbocycles. The van der Waals surface area contributed by atoms with Gasteiger partial charge in [-0.2, -0.15) is 0 Å². The van der Waals surface area contributed by atoms with Crippen molar-refractivity contribution in [3.05, 3.63) is 35.1 Å². The second-order valence-electron chi connectivity index (χ2n) is 4.52. The second kappa shape index (κ2) is 8.19. The number of benzene rings is 1. The van der Waals surface area contributed by atoms with Crippen molar-refractivity contribution >= 4 is 17.2 Å². The molecule has 0 amide bonds. The summed E-state index contributed by atoms with van der Waals surface area (Å²) in [5.41, 5.74) is 7.14. The Balaban J connectivity index is 2.87. The normalized spacial score (nSPS) is 10.9. The van der Waals surface area contributed by atoms with E-state index in [-0.39, 0.29) is 17.4 Å². The first-order valence-corrected chi connectivity index (χ1v) is 6.90. The predicted octanol–water partition coefficient (Wildman–Crippen LogP) is 2.05. The lowest BCUT2D eigenvalue weighted by Gasteiger charge is -2.22. The third-order valence-electron chi connectivity index (χ3n) is 2.97. The summed E-state index contributed by atoms with van der Waals surface area (Å²) in [6.07, 6.45) is 2.12. The zero-order valence-corrected chi connectivity index (χ0v) is 12.0. The van der Waals surface area contributed by atoms with Gasteiger partial charge in [-0.15, -0.1) is 0 Å². The number of hydrogen-bond acceptors (Lipinski definition) is 3. The number of aliphatic hydroxyl groups excluding tert-OH is 1. The minimum atomic E-state index is -0.297. The maximum atomic E-state index is 13.3. The SMILES string of the molecule is CCCCN(CCO)Cc1cc(F)ccc1C(N)=S. The highest BCUT2D eigenvalue weighted by molar-refractivity contribution is 7.80. The molecule has 3 N–H and O–H groups in total. The number of nitrogens with two attached hydrogens (primary N) is 1. The number of rotatable bonds is 8. The molecule has 1 aromatic carbocycles. The molecule has 0 aliphatic carbocycles. The third kappa shape index (κ3) is 5.22. The second-order valence-corrected chi connectivity index (χ2v) is 4.96. The maximum absolute atomic E-state index is 13.3. The van der Waals surface area contributed by atoms with Crippen LogP contribution in [-0.2, 0) is 6.54 Å². The Labute approximate surface area is 119 Å². The summed E-state index contributed by atoms with van der Waals surface area (Å²) in [4.78, 5) is 2.36. The van der Waals surface area contributed by atoms with E-state index in [1.165, 1.54) is 12.1 Å². The van der Waals surface area contributed by atoms with Gasteiger partial charge in [-0.1, -0.05) is 25.6 Å². The van der Waals surface area contributed by atoms with Gasteiger partial charge < -0.3 is 10.8 Å². The fourth-order valence-electron chi connectivity index (χ4n) is 1.97. The lowest BCUT2D eigenvalue weighted by Crippen LogP contribution is -2.29. The number of unbranched alkanes of at least 4 members (excludes halogenated alkanes) is 1. The van der Waals surface area contributed by atoms with E-state index in [4.69, 9.17) is 23.1 Å². The quantitative estimate of drug-likeness (QED) is 0.717. The van der Waals surface area contributed by atoms with Crippen LogP contribution in [0.3, 0.4) is 0 Å². The number of aliphatic hydroxyl groups is 1. The number of hydrogen-bond donors (Lipinski definition) is 2. The lowest BCUT2D eigenvalue weighted by atomic mass is 10.1. The largest absolute Gasteiger partial charge is 0.395 e. The molecule has 5 heteroatoms. The molecule has 0 heterocycles. The molecule has 0 aromatic heterocycles. The molecule has 3 nitrogen and oxygen atoms in total. The summed E-state index contributed by atoms with van der Waals surface area (Å²) in [5, 5.41) is 9.08. The average Bonchev–Trinajstić information content (AvgIpc) is 2.36. The molecule has 0 aliphatic rings. The Hall–Kier alpha value is -1.04. The minimum Gasteiger partial charge on any atom is -0.395 e. The minimum absolute atomic E-state index is 0.0848. The first-order chi connectivity index (χ1) is 9.08. The van der Waals surface area contributed by atoms with Gasteiger partial charge in [0.1, 0.15) is 10.8 Å². The van der Waals surface area contributed by atoms with Crippen LogP contribution in [0.4, 0.5) is 4.39 Å². The monoisotopic (exact) mass is 284 g/mol. The van der Waals surface area contributed by atoms with Crippen LogP contribution in [0.5, 0.6) is 0 Å². The zero-order valence-electron chi connectivity index (χ0n) is 11.2. The zero-order chi connectivity index (χ0) is 14.3. The summed E-state index contributed by atoms with van der Waals surface area (Å²) >= 11 is 4.99. The van der Waals surface area contributed by atoms with E-state index >= 15 is 0 Å². The molecule has 0 bridgehead atoms. The number of halogens is 1. The fraction of sp³-hybridized carbons (Fsp3) is 0.500. The number of thiocarbonyl (C=S) groups is 1. The average molecular weight is 284 g/mol. The molecular weight excluding hydrogens is 263 g/mol. The Bertz CT molecular complexity index is 426. The molecule has 0 aliphatic heterocycles. The van der Waals surface area contributed by atoms with Crippen LogP contribution in [0.25, 0.3) is 0 Å². The highest BCUT2D eigenvalue weighted by Crippen LogP contribution is 2.14. The van der Waals surface area contributed by atoms with Crippen LogP contribution in [0.2, 0.25) is 0 Å². The summed E-state index contributed by atoms with van der Waals surface area (Å²) in [7, 11) is 0. The summed E-state index contributed by atoms with van der Waals surface area (Å²) in [6.45, 7) is 4.17. The molecule has 0 radical (unpaired) electrons. The molecule has 106 valence electrons. The fourth-order valence-corrected chi connectivity index (χ4v) is 2.17. The van der Waals surface area contributed by atoms with Gasteiger partial charge in [0.25, 0.3) is 0 Å². The standard InChI is InChI=1S/C14H21FN2OS/c1-2-3-6-17(7-8-18)10-11-9-12(15)4-5-13(11)14(16)19/h4-5,9,18H,2-3,6-8,10H2,1H3,(H2,16,19). The maximum Gasteiger partial charge on any atom is 0.123 e. The molecular formula is C14H21FN2OS. The lowest BCUT2D eigenvalue weighted by molar-refractivity contribution is 0.188. The van der Waals surface area contributed by atoms with E-state index in [0.717, 1.165) is 24.9 Å². The van der Waals surface area contributed by atoms with Gasteiger partial charge in [-0.3, -0.25) is 4.90 Å². The molecule has 0 fully saturated rings. The van der Waals surface area contributed by atoms with Crippen LogP contribution in [0.1, 0.15) is 30.9 Å². The molecule has 0 saturated heterocycles. The van der Waals surface area contributed by atoms with E-state index < -0.39 is 0 Å². The van der Waals surface area contributed by atoms with Crippen LogP contribution >= 0.6 is 12.2 Å². The van der Waals surface area contributed by atoms with Gasteiger partial charge in [0.05, 0.1) is 6.61 Å². The van der Waals surface area contributed by atoms with Gasteiger partial charge in [0.2, 0.25) is 0 Å². The van der Waals surface area contributed by atoms with Gasteiger partial charge >= 0.3 is 0 Å². The highest BCUT2D eigenvalue weighted by atomic mass is 32.1. The Morgan fingerprint density at radius 2 is 2.16 bits per heavy atom. The molecule has 19 heavy (non-hydrogen) atoms.